The molecule has 0 saturated heterocycles. The molecule has 0 radical (unpaired) electrons. The van der Waals surface area contributed by atoms with E-state index in [1.165, 1.54) is 83.2 Å². The zero-order valence-electron chi connectivity index (χ0n) is 19.1. The average Bonchev–Trinajstić information content (AvgIpc) is 2.69. The lowest BCUT2D eigenvalue weighted by atomic mass is 9.94. The number of carbonyl (C=O) groups is 3. The second-order valence-corrected chi connectivity index (χ2v) is 8.25. The lowest BCUT2D eigenvalue weighted by Gasteiger charge is -2.20. The Morgan fingerprint density at radius 3 is 1.63 bits per heavy atom. The third-order valence-corrected chi connectivity index (χ3v) is 5.42. The number of unbranched alkanes of at least 4 members (excludes halogenated alkanes) is 14. The molecule has 0 aliphatic carbocycles. The Morgan fingerprint density at radius 1 is 0.800 bits per heavy atom. The van der Waals surface area contributed by atoms with Crippen LogP contribution >= 0.6 is 0 Å². The van der Waals surface area contributed by atoms with Gasteiger partial charge in [0.05, 0.1) is 6.42 Å². The van der Waals surface area contributed by atoms with Gasteiger partial charge in [-0.25, -0.2) is 0 Å². The average molecular weight is 426 g/mol. The molecule has 0 aromatic rings. The van der Waals surface area contributed by atoms with Crippen molar-refractivity contribution in [2.24, 2.45) is 0 Å². The number of ketones is 1. The van der Waals surface area contributed by atoms with E-state index < -0.39 is 29.7 Å². The van der Waals surface area contributed by atoms with Crippen molar-refractivity contribution in [3.05, 3.63) is 12.3 Å². The van der Waals surface area contributed by atoms with Gasteiger partial charge in [-0.15, -0.1) is 0 Å². The Labute approximate surface area is 182 Å². The number of carboxylic acids is 1. The van der Waals surface area contributed by atoms with Crippen LogP contribution in [0.4, 0.5) is 0 Å². The quantitative estimate of drug-likeness (QED) is 0.182. The van der Waals surface area contributed by atoms with Gasteiger partial charge in [-0.2, -0.15) is 0 Å². The Hall–Kier alpha value is -1.69. The molecule has 0 aliphatic heterocycles. The Kier molecular flexibility index (Phi) is 17.1. The fourth-order valence-electron chi connectivity index (χ4n) is 3.38. The molecule has 0 fully saturated rings. The highest BCUT2D eigenvalue weighted by atomic mass is 16.4. The number of Topliss-reactive ketones (excluding diaryl/α,β-unsaturated/α-hetero) is 1. The molecule has 1 unspecified atom stereocenters. The topological polar surface area (TPSA) is 104 Å². The highest BCUT2D eigenvalue weighted by molar-refractivity contribution is 6.10. The number of aliphatic hydroxyl groups is 1. The summed E-state index contributed by atoms with van der Waals surface area (Å²) in [4.78, 5) is 34.1. The maximum absolute atomic E-state index is 11.9. The van der Waals surface area contributed by atoms with Gasteiger partial charge < -0.3 is 15.5 Å². The molecule has 6 nitrogen and oxygen atoms in total. The molecule has 0 aromatic heterocycles. The van der Waals surface area contributed by atoms with Crippen molar-refractivity contribution in [1.29, 1.82) is 0 Å². The third-order valence-electron chi connectivity index (χ3n) is 5.42. The zero-order valence-corrected chi connectivity index (χ0v) is 19.1. The van der Waals surface area contributed by atoms with E-state index in [0.717, 1.165) is 26.2 Å². The molecular weight excluding hydrogens is 382 g/mol. The van der Waals surface area contributed by atoms with Gasteiger partial charge in [0.25, 0.3) is 5.91 Å². The summed E-state index contributed by atoms with van der Waals surface area (Å²) in [5, 5.41) is 21.0. The number of hydrogen-bond acceptors (Lipinski definition) is 4. The number of allylic oxidation sites excluding steroid dienone is 1. The standard InChI is InChI=1S/C24H43NO5/c1-3-4-5-6-7-8-9-10-11-12-13-14-15-16-17-18-19-25-23(29)24(30,21(2)26)20-22(27)28/h18-19,30H,3-17,20H2,1-2H3,(H,25,29)(H,27,28). The van der Waals surface area contributed by atoms with Crippen LogP contribution < -0.4 is 5.32 Å². The first kappa shape index (κ1) is 28.3. The minimum Gasteiger partial charge on any atom is -0.481 e. The van der Waals surface area contributed by atoms with Crippen LogP contribution in [0.25, 0.3) is 0 Å². The van der Waals surface area contributed by atoms with E-state index >= 15 is 0 Å². The van der Waals surface area contributed by atoms with E-state index in [2.05, 4.69) is 12.2 Å². The summed E-state index contributed by atoms with van der Waals surface area (Å²) in [6.45, 7) is 3.25. The van der Waals surface area contributed by atoms with Crippen LogP contribution in [0.15, 0.2) is 12.3 Å². The molecule has 0 aromatic carbocycles. The van der Waals surface area contributed by atoms with Crippen molar-refractivity contribution in [2.75, 3.05) is 0 Å². The molecule has 3 N–H and O–H groups in total. The van der Waals surface area contributed by atoms with Gasteiger partial charge in [0, 0.05) is 0 Å². The zero-order chi connectivity index (χ0) is 22.7. The Morgan fingerprint density at radius 2 is 1.23 bits per heavy atom. The van der Waals surface area contributed by atoms with E-state index in [-0.39, 0.29) is 0 Å². The van der Waals surface area contributed by atoms with Crippen molar-refractivity contribution in [2.45, 2.75) is 122 Å². The molecule has 174 valence electrons. The first-order valence-electron chi connectivity index (χ1n) is 11.8. The second kappa shape index (κ2) is 18.1. The van der Waals surface area contributed by atoms with Gasteiger partial charge in [0.1, 0.15) is 0 Å². The molecular formula is C24H43NO5. The smallest absolute Gasteiger partial charge is 0.307 e. The molecule has 6 heteroatoms. The number of carboxylic acid groups (broad SMARTS) is 1. The van der Waals surface area contributed by atoms with E-state index in [1.54, 1.807) is 6.08 Å². The Bertz CT molecular complexity index is 518. The summed E-state index contributed by atoms with van der Waals surface area (Å²) < 4.78 is 0. The van der Waals surface area contributed by atoms with Crippen molar-refractivity contribution in [3.63, 3.8) is 0 Å². The molecule has 0 spiro atoms. The lowest BCUT2D eigenvalue weighted by Crippen LogP contribution is -2.51. The number of hydrogen-bond donors (Lipinski definition) is 3. The first-order chi connectivity index (χ1) is 14.3. The van der Waals surface area contributed by atoms with E-state index in [0.29, 0.717) is 0 Å². The van der Waals surface area contributed by atoms with Gasteiger partial charge in [-0.05, 0) is 26.0 Å². The normalized spacial score (nSPS) is 13.3. The van der Waals surface area contributed by atoms with Crippen molar-refractivity contribution in [3.8, 4) is 0 Å². The Balaban J connectivity index is 3.62. The number of carbonyl (C=O) groups excluding carboxylic acids is 2. The van der Waals surface area contributed by atoms with Crippen LogP contribution in [0.2, 0.25) is 0 Å². The molecule has 0 saturated carbocycles. The van der Waals surface area contributed by atoms with Crippen LogP contribution in [-0.4, -0.2) is 33.5 Å². The van der Waals surface area contributed by atoms with Crippen LogP contribution in [0.1, 0.15) is 117 Å². The minimum atomic E-state index is -2.52. The van der Waals surface area contributed by atoms with Crippen molar-refractivity contribution < 1.29 is 24.6 Å². The second-order valence-electron chi connectivity index (χ2n) is 8.25. The van der Waals surface area contributed by atoms with Crippen LogP contribution in [0.3, 0.4) is 0 Å². The van der Waals surface area contributed by atoms with E-state index in [1.807, 2.05) is 0 Å². The number of aliphatic carboxylic acids is 1. The van der Waals surface area contributed by atoms with Crippen LogP contribution in [0, 0.1) is 0 Å². The highest BCUT2D eigenvalue weighted by Crippen LogP contribution is 2.14. The van der Waals surface area contributed by atoms with Gasteiger partial charge >= 0.3 is 5.97 Å². The minimum absolute atomic E-state index is 0.787. The molecule has 30 heavy (non-hydrogen) atoms. The summed E-state index contributed by atoms with van der Waals surface area (Å²) in [6.07, 6.45) is 21.2. The van der Waals surface area contributed by atoms with Gasteiger partial charge in [0.15, 0.2) is 5.78 Å². The first-order valence-corrected chi connectivity index (χ1v) is 11.8. The van der Waals surface area contributed by atoms with Crippen molar-refractivity contribution in [1.82, 2.24) is 5.32 Å². The number of amides is 1. The predicted molar refractivity (Wildman–Crippen MR) is 120 cm³/mol. The van der Waals surface area contributed by atoms with Gasteiger partial charge in [-0.1, -0.05) is 96.5 Å². The highest BCUT2D eigenvalue weighted by Gasteiger charge is 2.42. The van der Waals surface area contributed by atoms with Crippen LogP contribution in [0.5, 0.6) is 0 Å². The summed E-state index contributed by atoms with van der Waals surface area (Å²) >= 11 is 0. The van der Waals surface area contributed by atoms with E-state index in [4.69, 9.17) is 5.11 Å². The van der Waals surface area contributed by atoms with Crippen molar-refractivity contribution >= 4 is 17.7 Å². The van der Waals surface area contributed by atoms with Gasteiger partial charge in [0.2, 0.25) is 5.60 Å². The molecule has 0 bridgehead atoms. The van der Waals surface area contributed by atoms with E-state index in [9.17, 15) is 19.5 Å². The predicted octanol–water partition coefficient (Wildman–Crippen LogP) is 5.28. The summed E-state index contributed by atoms with van der Waals surface area (Å²) in [5.74, 6) is -3.30. The molecule has 0 heterocycles. The largest absolute Gasteiger partial charge is 0.481 e. The molecule has 0 aliphatic rings. The SMILES string of the molecule is CCCCCCCCCCCCCCCCC=CNC(=O)C(O)(CC(=O)O)C(C)=O. The molecule has 1 amide bonds. The molecule has 1 atom stereocenters. The maximum Gasteiger partial charge on any atom is 0.307 e. The molecule has 0 rings (SSSR count). The third kappa shape index (κ3) is 14.3. The van der Waals surface area contributed by atoms with Crippen LogP contribution in [-0.2, 0) is 14.4 Å². The number of rotatable bonds is 20. The summed E-state index contributed by atoms with van der Waals surface area (Å²) in [5.41, 5.74) is -2.52. The maximum atomic E-state index is 11.9. The monoisotopic (exact) mass is 425 g/mol. The lowest BCUT2D eigenvalue weighted by molar-refractivity contribution is -0.159. The van der Waals surface area contributed by atoms with Gasteiger partial charge in [-0.3, -0.25) is 14.4 Å². The fraction of sp³-hybridized carbons (Fsp3) is 0.792. The fourth-order valence-corrected chi connectivity index (χ4v) is 3.38. The summed E-state index contributed by atoms with van der Waals surface area (Å²) in [7, 11) is 0. The summed E-state index contributed by atoms with van der Waals surface area (Å²) in [6, 6.07) is 0. The number of nitrogens with one attached hydrogen (secondary N) is 1.